The Balaban J connectivity index is 1.93. The van der Waals surface area contributed by atoms with E-state index in [9.17, 15) is 0 Å². The standard InChI is InChI=1S/C15H16N4/c1-10-11(2)19-15-13(10)14(17-9-18-15)16-8-12-6-4-3-5-7-12/h3-7,9H,8H2,1-2H3,(H2,16,17,18,19). The van der Waals surface area contributed by atoms with E-state index in [1.165, 1.54) is 11.1 Å². The highest BCUT2D eigenvalue weighted by Crippen LogP contribution is 2.25. The Morgan fingerprint density at radius 2 is 1.89 bits per heavy atom. The molecule has 96 valence electrons. The van der Waals surface area contributed by atoms with E-state index < -0.39 is 0 Å². The summed E-state index contributed by atoms with van der Waals surface area (Å²) in [6.45, 7) is 4.90. The molecular weight excluding hydrogens is 236 g/mol. The van der Waals surface area contributed by atoms with Gasteiger partial charge in [0.2, 0.25) is 0 Å². The van der Waals surface area contributed by atoms with Gasteiger partial charge in [-0.05, 0) is 25.0 Å². The summed E-state index contributed by atoms with van der Waals surface area (Å²) in [6.07, 6.45) is 1.59. The first-order valence-electron chi connectivity index (χ1n) is 6.33. The van der Waals surface area contributed by atoms with Crippen molar-refractivity contribution in [3.63, 3.8) is 0 Å². The number of rotatable bonds is 3. The average Bonchev–Trinajstić information content (AvgIpc) is 2.74. The topological polar surface area (TPSA) is 53.6 Å². The Labute approximate surface area is 111 Å². The first-order valence-corrected chi connectivity index (χ1v) is 6.33. The summed E-state index contributed by atoms with van der Waals surface area (Å²) in [7, 11) is 0. The fourth-order valence-corrected chi connectivity index (χ4v) is 2.21. The number of aryl methyl sites for hydroxylation is 2. The molecule has 0 aliphatic heterocycles. The number of fused-ring (bicyclic) bond motifs is 1. The summed E-state index contributed by atoms with van der Waals surface area (Å²) in [6, 6.07) is 10.3. The van der Waals surface area contributed by atoms with Gasteiger partial charge in [0, 0.05) is 12.2 Å². The van der Waals surface area contributed by atoms with Crippen LogP contribution in [-0.2, 0) is 6.54 Å². The number of aromatic amines is 1. The normalized spacial score (nSPS) is 10.8. The van der Waals surface area contributed by atoms with Crippen LogP contribution in [0.3, 0.4) is 0 Å². The fraction of sp³-hybridized carbons (Fsp3) is 0.200. The van der Waals surface area contributed by atoms with Crippen LogP contribution in [0.2, 0.25) is 0 Å². The molecule has 2 N–H and O–H groups in total. The number of aromatic nitrogens is 3. The van der Waals surface area contributed by atoms with Gasteiger partial charge in [-0.1, -0.05) is 30.3 Å². The van der Waals surface area contributed by atoms with Crippen molar-refractivity contribution in [3.05, 3.63) is 53.5 Å². The summed E-state index contributed by atoms with van der Waals surface area (Å²) >= 11 is 0. The number of benzene rings is 1. The molecule has 4 heteroatoms. The van der Waals surface area contributed by atoms with Gasteiger partial charge in [0.25, 0.3) is 0 Å². The lowest BCUT2D eigenvalue weighted by Crippen LogP contribution is -2.02. The number of nitrogens with one attached hydrogen (secondary N) is 2. The summed E-state index contributed by atoms with van der Waals surface area (Å²) in [4.78, 5) is 11.9. The summed E-state index contributed by atoms with van der Waals surface area (Å²) in [5.41, 5.74) is 4.46. The van der Waals surface area contributed by atoms with Gasteiger partial charge >= 0.3 is 0 Å². The van der Waals surface area contributed by atoms with Gasteiger partial charge in [-0.3, -0.25) is 0 Å². The number of hydrogen-bond acceptors (Lipinski definition) is 3. The lowest BCUT2D eigenvalue weighted by atomic mass is 10.2. The van der Waals surface area contributed by atoms with Crippen LogP contribution in [0.1, 0.15) is 16.8 Å². The zero-order valence-electron chi connectivity index (χ0n) is 11.1. The van der Waals surface area contributed by atoms with Gasteiger partial charge in [0.05, 0.1) is 5.39 Å². The van der Waals surface area contributed by atoms with E-state index in [0.717, 1.165) is 29.1 Å². The van der Waals surface area contributed by atoms with Crippen LogP contribution in [-0.4, -0.2) is 15.0 Å². The zero-order chi connectivity index (χ0) is 13.2. The number of hydrogen-bond donors (Lipinski definition) is 2. The third kappa shape index (κ3) is 2.17. The highest BCUT2D eigenvalue weighted by Gasteiger charge is 2.10. The SMILES string of the molecule is Cc1[nH]c2ncnc(NCc3ccccc3)c2c1C. The van der Waals surface area contributed by atoms with Crippen LogP contribution < -0.4 is 5.32 Å². The second kappa shape index (κ2) is 4.72. The summed E-state index contributed by atoms with van der Waals surface area (Å²) < 4.78 is 0. The number of nitrogens with zero attached hydrogens (tertiary/aromatic N) is 2. The second-order valence-corrected chi connectivity index (χ2v) is 4.66. The first kappa shape index (κ1) is 11.7. The van der Waals surface area contributed by atoms with Gasteiger partial charge in [-0.2, -0.15) is 0 Å². The summed E-state index contributed by atoms with van der Waals surface area (Å²) in [5.74, 6) is 0.885. The Kier molecular flexibility index (Phi) is 2.91. The first-order chi connectivity index (χ1) is 9.25. The molecule has 0 amide bonds. The lowest BCUT2D eigenvalue weighted by Gasteiger charge is -2.07. The molecule has 1 aromatic carbocycles. The van der Waals surface area contributed by atoms with Crippen molar-refractivity contribution < 1.29 is 0 Å². The molecule has 2 heterocycles. The minimum Gasteiger partial charge on any atom is -0.365 e. The number of H-pyrrole nitrogens is 1. The molecule has 0 aliphatic carbocycles. The largest absolute Gasteiger partial charge is 0.365 e. The Morgan fingerprint density at radius 1 is 1.11 bits per heavy atom. The Morgan fingerprint density at radius 3 is 2.68 bits per heavy atom. The van der Waals surface area contributed by atoms with Crippen molar-refractivity contribution in [3.8, 4) is 0 Å². The Bertz CT molecular complexity index is 701. The average molecular weight is 252 g/mol. The zero-order valence-corrected chi connectivity index (χ0v) is 11.1. The maximum absolute atomic E-state index is 4.35. The molecule has 0 saturated carbocycles. The van der Waals surface area contributed by atoms with Gasteiger partial charge in [0.1, 0.15) is 17.8 Å². The minimum atomic E-state index is 0.761. The smallest absolute Gasteiger partial charge is 0.143 e. The molecule has 0 saturated heterocycles. The van der Waals surface area contributed by atoms with Gasteiger partial charge < -0.3 is 10.3 Å². The third-order valence-corrected chi connectivity index (χ3v) is 3.39. The van der Waals surface area contributed by atoms with Crippen LogP contribution >= 0.6 is 0 Å². The van der Waals surface area contributed by atoms with Crippen LogP contribution in [0, 0.1) is 13.8 Å². The van der Waals surface area contributed by atoms with Crippen LogP contribution in [0.15, 0.2) is 36.7 Å². The lowest BCUT2D eigenvalue weighted by molar-refractivity contribution is 1.10. The second-order valence-electron chi connectivity index (χ2n) is 4.66. The van der Waals surface area contributed by atoms with Crippen molar-refractivity contribution in [2.75, 3.05) is 5.32 Å². The van der Waals surface area contributed by atoms with Gasteiger partial charge in [-0.25, -0.2) is 9.97 Å². The van der Waals surface area contributed by atoms with Crippen LogP contribution in [0.25, 0.3) is 11.0 Å². The highest BCUT2D eigenvalue weighted by atomic mass is 15.0. The maximum atomic E-state index is 4.35. The van der Waals surface area contributed by atoms with Gasteiger partial charge in [-0.15, -0.1) is 0 Å². The third-order valence-electron chi connectivity index (χ3n) is 3.39. The molecule has 0 unspecified atom stereocenters. The van der Waals surface area contributed by atoms with Crippen molar-refractivity contribution in [1.29, 1.82) is 0 Å². The van der Waals surface area contributed by atoms with Crippen molar-refractivity contribution in [1.82, 2.24) is 15.0 Å². The maximum Gasteiger partial charge on any atom is 0.143 e. The molecule has 19 heavy (non-hydrogen) atoms. The predicted octanol–water partition coefficient (Wildman–Crippen LogP) is 3.19. The van der Waals surface area contributed by atoms with E-state index in [4.69, 9.17) is 0 Å². The predicted molar refractivity (Wildman–Crippen MR) is 77.1 cm³/mol. The van der Waals surface area contributed by atoms with Crippen molar-refractivity contribution in [2.45, 2.75) is 20.4 Å². The molecule has 3 rings (SSSR count). The van der Waals surface area contributed by atoms with Crippen molar-refractivity contribution >= 4 is 16.9 Å². The van der Waals surface area contributed by atoms with E-state index in [1.54, 1.807) is 6.33 Å². The molecule has 0 fully saturated rings. The van der Waals surface area contributed by atoms with E-state index >= 15 is 0 Å². The monoisotopic (exact) mass is 252 g/mol. The highest BCUT2D eigenvalue weighted by molar-refractivity contribution is 5.91. The van der Waals surface area contributed by atoms with Gasteiger partial charge in [0.15, 0.2) is 0 Å². The molecule has 3 aromatic rings. The van der Waals surface area contributed by atoms with Crippen molar-refractivity contribution in [2.24, 2.45) is 0 Å². The summed E-state index contributed by atoms with van der Waals surface area (Å²) in [5, 5.41) is 4.47. The number of anilines is 1. The minimum absolute atomic E-state index is 0.761. The van der Waals surface area contributed by atoms with Crippen LogP contribution in [0.5, 0.6) is 0 Å². The quantitative estimate of drug-likeness (QED) is 0.752. The van der Waals surface area contributed by atoms with Crippen LogP contribution in [0.4, 0.5) is 5.82 Å². The van der Waals surface area contributed by atoms with E-state index in [-0.39, 0.29) is 0 Å². The molecule has 4 nitrogen and oxygen atoms in total. The van der Waals surface area contributed by atoms with E-state index in [2.05, 4.69) is 46.2 Å². The molecule has 0 spiro atoms. The molecule has 2 aromatic heterocycles. The molecule has 0 radical (unpaired) electrons. The fourth-order valence-electron chi connectivity index (χ4n) is 2.21. The molecular formula is C15H16N4. The van der Waals surface area contributed by atoms with E-state index in [0.29, 0.717) is 0 Å². The van der Waals surface area contributed by atoms with E-state index in [1.807, 2.05) is 18.2 Å². The molecule has 0 aliphatic rings. The Hall–Kier alpha value is -2.36. The molecule has 0 atom stereocenters. The molecule has 0 bridgehead atoms.